The third kappa shape index (κ3) is 3.71. The van der Waals surface area contributed by atoms with Gasteiger partial charge in [-0.1, -0.05) is 6.42 Å². The quantitative estimate of drug-likeness (QED) is 0.798. The van der Waals surface area contributed by atoms with Crippen LogP contribution in [0.2, 0.25) is 0 Å². The molecule has 2 aliphatic rings. The molecule has 1 atom stereocenters. The van der Waals surface area contributed by atoms with Crippen LogP contribution >= 0.6 is 0 Å². The maximum absolute atomic E-state index is 12.7. The monoisotopic (exact) mass is 305 g/mol. The van der Waals surface area contributed by atoms with E-state index >= 15 is 0 Å². The zero-order chi connectivity index (χ0) is 14.6. The zero-order valence-corrected chi connectivity index (χ0v) is 13.1. The van der Waals surface area contributed by atoms with Crippen molar-refractivity contribution in [1.29, 1.82) is 0 Å². The van der Waals surface area contributed by atoms with Gasteiger partial charge in [-0.2, -0.15) is 17.0 Å². The van der Waals surface area contributed by atoms with Gasteiger partial charge in [0.1, 0.15) is 0 Å². The van der Waals surface area contributed by atoms with E-state index in [9.17, 15) is 8.42 Å². The van der Waals surface area contributed by atoms with Crippen LogP contribution in [0.15, 0.2) is 0 Å². The van der Waals surface area contributed by atoms with Crippen molar-refractivity contribution in [2.45, 2.75) is 38.1 Å². The highest BCUT2D eigenvalue weighted by Gasteiger charge is 2.35. The molecule has 0 aromatic rings. The molecule has 2 saturated heterocycles. The highest BCUT2D eigenvalue weighted by Crippen LogP contribution is 2.23. The molecule has 0 amide bonds. The van der Waals surface area contributed by atoms with E-state index in [0.717, 1.165) is 45.3 Å². The maximum atomic E-state index is 12.7. The number of nitrogens with zero attached hydrogens (tertiary/aromatic N) is 2. The van der Waals surface area contributed by atoms with Crippen molar-refractivity contribution in [3.63, 3.8) is 0 Å². The fourth-order valence-electron chi connectivity index (χ4n) is 3.08. The lowest BCUT2D eigenvalue weighted by Gasteiger charge is -2.37. The Bertz CT molecular complexity index is 396. The lowest BCUT2D eigenvalue weighted by Crippen LogP contribution is -2.52. The van der Waals surface area contributed by atoms with Crippen molar-refractivity contribution < 1.29 is 13.2 Å². The number of ether oxygens (including phenoxy) is 1. The van der Waals surface area contributed by atoms with E-state index in [1.807, 2.05) is 0 Å². The average Bonchev–Trinajstić information content (AvgIpc) is 2.48. The second kappa shape index (κ2) is 7.17. The van der Waals surface area contributed by atoms with Crippen LogP contribution in [0.25, 0.3) is 0 Å². The van der Waals surface area contributed by atoms with Gasteiger partial charge in [0.2, 0.25) is 0 Å². The van der Waals surface area contributed by atoms with Gasteiger partial charge >= 0.3 is 0 Å². The Morgan fingerprint density at radius 1 is 1.25 bits per heavy atom. The molecule has 0 aromatic carbocycles. The summed E-state index contributed by atoms with van der Waals surface area (Å²) in [7, 11) is -1.69. The Morgan fingerprint density at radius 3 is 2.60 bits per heavy atom. The Balaban J connectivity index is 1.99. The molecule has 0 radical (unpaired) electrons. The van der Waals surface area contributed by atoms with E-state index in [4.69, 9.17) is 10.5 Å². The lowest BCUT2D eigenvalue weighted by molar-refractivity contribution is 0.0613. The fraction of sp³-hybridized carbons (Fsp3) is 1.00. The maximum Gasteiger partial charge on any atom is 0.282 e. The molecule has 1 unspecified atom stereocenters. The summed E-state index contributed by atoms with van der Waals surface area (Å²) < 4.78 is 33.8. The van der Waals surface area contributed by atoms with E-state index in [2.05, 4.69) is 0 Å². The van der Waals surface area contributed by atoms with Crippen molar-refractivity contribution in [2.24, 2.45) is 11.7 Å². The molecule has 0 bridgehead atoms. The molecule has 7 heteroatoms. The van der Waals surface area contributed by atoms with Gasteiger partial charge in [-0.25, -0.2) is 0 Å². The Kier molecular flexibility index (Phi) is 5.80. The highest BCUT2D eigenvalue weighted by molar-refractivity contribution is 7.86. The molecule has 2 rings (SSSR count). The van der Waals surface area contributed by atoms with Gasteiger partial charge in [0.15, 0.2) is 0 Å². The predicted octanol–water partition coefficient (Wildman–Crippen LogP) is 0.403. The first kappa shape index (κ1) is 16.2. The molecule has 6 nitrogen and oxygen atoms in total. The first-order valence-corrected chi connectivity index (χ1v) is 8.96. The predicted molar refractivity (Wildman–Crippen MR) is 78.5 cm³/mol. The number of rotatable bonds is 5. The topological polar surface area (TPSA) is 75.9 Å². The highest BCUT2D eigenvalue weighted by atomic mass is 32.2. The first-order valence-electron chi connectivity index (χ1n) is 7.56. The van der Waals surface area contributed by atoms with Crippen LogP contribution in [0.4, 0.5) is 0 Å². The second-order valence-electron chi connectivity index (χ2n) is 5.84. The Morgan fingerprint density at radius 2 is 1.95 bits per heavy atom. The van der Waals surface area contributed by atoms with Crippen LogP contribution in [0.3, 0.4) is 0 Å². The largest absolute Gasteiger partial charge is 0.381 e. The summed E-state index contributed by atoms with van der Waals surface area (Å²) in [5.74, 6) is 0.407. The van der Waals surface area contributed by atoms with Crippen LogP contribution in [0.1, 0.15) is 32.1 Å². The Labute approximate surface area is 122 Å². The van der Waals surface area contributed by atoms with Crippen LogP contribution in [-0.2, 0) is 14.9 Å². The minimum Gasteiger partial charge on any atom is -0.381 e. The summed E-state index contributed by atoms with van der Waals surface area (Å²) in [4.78, 5) is 0. The van der Waals surface area contributed by atoms with E-state index in [1.54, 1.807) is 11.4 Å². The summed E-state index contributed by atoms with van der Waals surface area (Å²) in [5, 5.41) is 0. The molecule has 20 heavy (non-hydrogen) atoms. The van der Waals surface area contributed by atoms with Gasteiger partial charge in [0.05, 0.1) is 0 Å². The van der Waals surface area contributed by atoms with Crippen LogP contribution in [-0.4, -0.2) is 63.0 Å². The van der Waals surface area contributed by atoms with Crippen molar-refractivity contribution in [3.05, 3.63) is 0 Å². The average molecular weight is 305 g/mol. The van der Waals surface area contributed by atoms with Crippen molar-refractivity contribution >= 4 is 10.2 Å². The van der Waals surface area contributed by atoms with Gasteiger partial charge in [-0.05, 0) is 31.6 Å². The van der Waals surface area contributed by atoms with Gasteiger partial charge in [-0.3, -0.25) is 0 Å². The smallest absolute Gasteiger partial charge is 0.282 e. The van der Waals surface area contributed by atoms with Gasteiger partial charge in [0, 0.05) is 45.9 Å². The molecule has 2 aliphatic heterocycles. The van der Waals surface area contributed by atoms with Gasteiger partial charge in [-0.15, -0.1) is 0 Å². The molecular formula is C13H27N3O3S. The van der Waals surface area contributed by atoms with Gasteiger partial charge in [0.25, 0.3) is 10.2 Å². The first-order chi connectivity index (χ1) is 9.55. The van der Waals surface area contributed by atoms with Gasteiger partial charge < -0.3 is 10.5 Å². The Hall–Kier alpha value is -0.210. The minimum atomic E-state index is -3.38. The molecule has 2 heterocycles. The second-order valence-corrected chi connectivity index (χ2v) is 7.83. The van der Waals surface area contributed by atoms with Crippen LogP contribution < -0.4 is 5.73 Å². The zero-order valence-electron chi connectivity index (χ0n) is 12.3. The standard InChI is InChI=1S/C13H27N3O3S/c1-15(11-12-5-8-19-9-6-12)20(17,18)16-7-3-2-4-13(16)10-14/h12-13H,2-11,14H2,1H3. The molecule has 0 saturated carbocycles. The van der Waals surface area contributed by atoms with Crippen LogP contribution in [0.5, 0.6) is 0 Å². The number of piperidine rings is 1. The lowest BCUT2D eigenvalue weighted by atomic mass is 10.0. The van der Waals surface area contributed by atoms with E-state index in [0.29, 0.717) is 25.6 Å². The third-order valence-electron chi connectivity index (χ3n) is 4.39. The third-order valence-corrected chi connectivity index (χ3v) is 6.40. The summed E-state index contributed by atoms with van der Waals surface area (Å²) in [6.07, 6.45) is 4.76. The summed E-state index contributed by atoms with van der Waals surface area (Å²) in [6.45, 7) is 3.08. The van der Waals surface area contributed by atoms with E-state index in [-0.39, 0.29) is 6.04 Å². The normalized spacial score (nSPS) is 27.1. The molecule has 0 aromatic heterocycles. The van der Waals surface area contributed by atoms with Crippen molar-refractivity contribution in [1.82, 2.24) is 8.61 Å². The van der Waals surface area contributed by atoms with Crippen molar-refractivity contribution in [2.75, 3.05) is 39.9 Å². The molecule has 0 aliphatic carbocycles. The SMILES string of the molecule is CN(CC1CCOCC1)S(=O)(=O)N1CCCCC1CN. The number of hydrogen-bond acceptors (Lipinski definition) is 4. The van der Waals surface area contributed by atoms with E-state index in [1.165, 1.54) is 4.31 Å². The molecule has 2 N–H and O–H groups in total. The molecular weight excluding hydrogens is 278 g/mol. The fourth-order valence-corrected chi connectivity index (χ4v) is 4.76. The van der Waals surface area contributed by atoms with E-state index < -0.39 is 10.2 Å². The molecule has 118 valence electrons. The van der Waals surface area contributed by atoms with Crippen LogP contribution in [0, 0.1) is 5.92 Å². The summed E-state index contributed by atoms with van der Waals surface area (Å²) >= 11 is 0. The van der Waals surface area contributed by atoms with Crippen molar-refractivity contribution in [3.8, 4) is 0 Å². The molecule has 0 spiro atoms. The summed E-state index contributed by atoms with van der Waals surface area (Å²) in [5.41, 5.74) is 5.73. The minimum absolute atomic E-state index is 0.0362. The number of nitrogens with two attached hydrogens (primary N) is 1. The number of hydrogen-bond donors (Lipinski definition) is 1. The molecule has 2 fully saturated rings. The summed E-state index contributed by atoms with van der Waals surface area (Å²) in [6, 6.07) is -0.0362.